The molecule has 1 aliphatic carbocycles. The smallest absolute Gasteiger partial charge is 0.193 e. The minimum absolute atomic E-state index is 0.429. The highest BCUT2D eigenvalue weighted by atomic mass is 15.1. The van der Waals surface area contributed by atoms with E-state index in [-0.39, 0.29) is 0 Å². The van der Waals surface area contributed by atoms with E-state index in [9.17, 15) is 0 Å². The third-order valence-corrected chi connectivity index (χ3v) is 3.89. The van der Waals surface area contributed by atoms with Crippen molar-refractivity contribution in [1.82, 2.24) is 4.98 Å². The first kappa shape index (κ1) is 13.6. The number of hydrogen-bond acceptors (Lipinski definition) is 2. The van der Waals surface area contributed by atoms with Crippen LogP contribution < -0.4 is 11.1 Å². The molecule has 1 aromatic carbocycles. The Balaban J connectivity index is 1.67. The molecule has 2 aromatic rings. The van der Waals surface area contributed by atoms with Crippen LogP contribution >= 0.6 is 0 Å². The Morgan fingerprint density at radius 1 is 1.29 bits per heavy atom. The molecule has 0 spiro atoms. The molecule has 0 aliphatic heterocycles. The van der Waals surface area contributed by atoms with Crippen molar-refractivity contribution in [1.29, 1.82) is 0 Å². The topological polar surface area (TPSA) is 63.3 Å². The van der Waals surface area contributed by atoms with Crippen molar-refractivity contribution in [3.05, 3.63) is 58.9 Å². The van der Waals surface area contributed by atoms with Crippen molar-refractivity contribution in [2.75, 3.05) is 5.32 Å². The number of aryl methyl sites for hydroxylation is 3. The lowest BCUT2D eigenvalue weighted by Gasteiger charge is -2.08. The molecule has 0 saturated carbocycles. The molecular formula is C17H20N4. The molecule has 0 amide bonds. The first-order chi connectivity index (χ1) is 10.2. The highest BCUT2D eigenvalue weighted by Crippen LogP contribution is 2.24. The molecule has 108 valence electrons. The molecule has 0 bridgehead atoms. The molecule has 4 nitrogen and oxygen atoms in total. The van der Waals surface area contributed by atoms with Gasteiger partial charge in [0.25, 0.3) is 0 Å². The quantitative estimate of drug-likeness (QED) is 0.671. The summed E-state index contributed by atoms with van der Waals surface area (Å²) in [7, 11) is 0. The number of fused-ring (bicyclic) bond motifs is 1. The fraction of sp³-hybridized carbons (Fsp3) is 0.294. The Morgan fingerprint density at radius 3 is 3.00 bits per heavy atom. The summed E-state index contributed by atoms with van der Waals surface area (Å²) in [5, 5.41) is 3.16. The van der Waals surface area contributed by atoms with E-state index < -0.39 is 0 Å². The van der Waals surface area contributed by atoms with Crippen LogP contribution in [0.15, 0.2) is 41.5 Å². The van der Waals surface area contributed by atoms with Crippen molar-refractivity contribution >= 4 is 11.6 Å². The van der Waals surface area contributed by atoms with Gasteiger partial charge in [0, 0.05) is 11.9 Å². The fourth-order valence-electron chi connectivity index (χ4n) is 2.68. The number of nitrogens with zero attached hydrogens (tertiary/aromatic N) is 2. The molecule has 1 aliphatic rings. The normalized spacial score (nSPS) is 14.0. The van der Waals surface area contributed by atoms with E-state index in [1.165, 1.54) is 24.0 Å². The summed E-state index contributed by atoms with van der Waals surface area (Å²) in [6, 6.07) is 10.4. The molecule has 21 heavy (non-hydrogen) atoms. The molecule has 0 radical (unpaired) electrons. The number of guanidine groups is 1. The summed E-state index contributed by atoms with van der Waals surface area (Å²) in [5.41, 5.74) is 11.9. The maximum Gasteiger partial charge on any atom is 0.193 e. The maximum absolute atomic E-state index is 5.96. The minimum atomic E-state index is 0.429. The van der Waals surface area contributed by atoms with Gasteiger partial charge in [-0.05, 0) is 61.1 Å². The standard InChI is InChI=1S/C17H20N4/c1-12-4-3-9-19-16(12)11-20-17(18)21-15-8-7-13-5-2-6-14(13)10-15/h3-4,7-10H,2,5-6,11H2,1H3,(H3,18,20,21). The van der Waals surface area contributed by atoms with E-state index in [1.807, 2.05) is 19.1 Å². The molecule has 1 aromatic heterocycles. The number of pyridine rings is 1. The Labute approximate surface area is 125 Å². The molecule has 0 atom stereocenters. The summed E-state index contributed by atoms with van der Waals surface area (Å²) in [5.74, 6) is 0.429. The van der Waals surface area contributed by atoms with Gasteiger partial charge in [-0.3, -0.25) is 4.98 Å². The first-order valence-electron chi connectivity index (χ1n) is 7.31. The van der Waals surface area contributed by atoms with Crippen LogP contribution in [0.5, 0.6) is 0 Å². The number of nitrogens with one attached hydrogen (secondary N) is 1. The second-order valence-electron chi connectivity index (χ2n) is 5.43. The number of nitrogens with two attached hydrogens (primary N) is 1. The number of aliphatic imine (C=N–C) groups is 1. The third kappa shape index (κ3) is 3.21. The Morgan fingerprint density at radius 2 is 2.14 bits per heavy atom. The summed E-state index contributed by atoms with van der Waals surface area (Å²) in [6.07, 6.45) is 5.39. The first-order valence-corrected chi connectivity index (χ1v) is 7.31. The second-order valence-corrected chi connectivity index (χ2v) is 5.43. The van der Waals surface area contributed by atoms with E-state index in [2.05, 4.69) is 33.5 Å². The summed E-state index contributed by atoms with van der Waals surface area (Å²) >= 11 is 0. The number of benzene rings is 1. The van der Waals surface area contributed by atoms with Crippen LogP contribution in [0.25, 0.3) is 0 Å². The van der Waals surface area contributed by atoms with Crippen molar-refractivity contribution in [2.24, 2.45) is 10.7 Å². The van der Waals surface area contributed by atoms with Crippen LogP contribution in [0.1, 0.15) is 28.8 Å². The molecule has 0 fully saturated rings. The molecule has 4 heteroatoms. The SMILES string of the molecule is Cc1cccnc1CN=C(N)Nc1ccc2c(c1)CCC2. The Bertz CT molecular complexity index is 676. The molecule has 0 unspecified atom stereocenters. The molecular weight excluding hydrogens is 260 g/mol. The predicted molar refractivity (Wildman–Crippen MR) is 86.4 cm³/mol. The summed E-state index contributed by atoms with van der Waals surface area (Å²) in [6.45, 7) is 2.53. The van der Waals surface area contributed by atoms with E-state index in [0.29, 0.717) is 12.5 Å². The maximum atomic E-state index is 5.96. The van der Waals surface area contributed by atoms with Gasteiger partial charge in [-0.2, -0.15) is 0 Å². The third-order valence-electron chi connectivity index (χ3n) is 3.89. The molecule has 3 N–H and O–H groups in total. The number of aromatic nitrogens is 1. The van der Waals surface area contributed by atoms with Crippen LogP contribution in [0.4, 0.5) is 5.69 Å². The number of hydrogen-bond donors (Lipinski definition) is 2. The van der Waals surface area contributed by atoms with Gasteiger partial charge < -0.3 is 11.1 Å². The van der Waals surface area contributed by atoms with Crippen LogP contribution in [0, 0.1) is 6.92 Å². The van der Waals surface area contributed by atoms with Crippen LogP contribution in [0.2, 0.25) is 0 Å². The number of anilines is 1. The van der Waals surface area contributed by atoms with Gasteiger partial charge in [-0.15, -0.1) is 0 Å². The van der Waals surface area contributed by atoms with E-state index in [4.69, 9.17) is 5.73 Å². The lowest BCUT2D eigenvalue weighted by atomic mass is 10.1. The van der Waals surface area contributed by atoms with Crippen molar-refractivity contribution in [3.8, 4) is 0 Å². The minimum Gasteiger partial charge on any atom is -0.370 e. The van der Waals surface area contributed by atoms with E-state index in [1.54, 1.807) is 6.20 Å². The van der Waals surface area contributed by atoms with Crippen molar-refractivity contribution in [3.63, 3.8) is 0 Å². The Kier molecular flexibility index (Phi) is 3.86. The van der Waals surface area contributed by atoms with Gasteiger partial charge in [-0.25, -0.2) is 4.99 Å². The van der Waals surface area contributed by atoms with Gasteiger partial charge >= 0.3 is 0 Å². The average molecular weight is 280 g/mol. The predicted octanol–water partition coefficient (Wildman–Crippen LogP) is 2.81. The van der Waals surface area contributed by atoms with Crippen molar-refractivity contribution in [2.45, 2.75) is 32.7 Å². The molecule has 0 saturated heterocycles. The van der Waals surface area contributed by atoms with Gasteiger partial charge in [-0.1, -0.05) is 12.1 Å². The Hall–Kier alpha value is -2.36. The lowest BCUT2D eigenvalue weighted by Crippen LogP contribution is -2.22. The zero-order valence-electron chi connectivity index (χ0n) is 12.3. The largest absolute Gasteiger partial charge is 0.370 e. The van der Waals surface area contributed by atoms with E-state index in [0.717, 1.165) is 23.4 Å². The van der Waals surface area contributed by atoms with Gasteiger partial charge in [0.15, 0.2) is 5.96 Å². The molecule has 3 rings (SSSR count). The zero-order valence-corrected chi connectivity index (χ0v) is 12.3. The van der Waals surface area contributed by atoms with Crippen LogP contribution in [0.3, 0.4) is 0 Å². The van der Waals surface area contributed by atoms with Crippen molar-refractivity contribution < 1.29 is 0 Å². The highest BCUT2D eigenvalue weighted by molar-refractivity contribution is 5.92. The van der Waals surface area contributed by atoms with Crippen LogP contribution in [-0.2, 0) is 19.4 Å². The fourth-order valence-corrected chi connectivity index (χ4v) is 2.68. The van der Waals surface area contributed by atoms with E-state index >= 15 is 0 Å². The summed E-state index contributed by atoms with van der Waals surface area (Å²) in [4.78, 5) is 8.68. The van der Waals surface area contributed by atoms with Crippen LogP contribution in [-0.4, -0.2) is 10.9 Å². The molecule has 1 heterocycles. The summed E-state index contributed by atoms with van der Waals surface area (Å²) < 4.78 is 0. The van der Waals surface area contributed by atoms with Gasteiger partial charge in [0.05, 0.1) is 12.2 Å². The van der Waals surface area contributed by atoms with Gasteiger partial charge in [0.1, 0.15) is 0 Å². The average Bonchev–Trinajstić information content (AvgIpc) is 2.94. The highest BCUT2D eigenvalue weighted by Gasteiger charge is 2.10. The number of rotatable bonds is 3. The lowest BCUT2D eigenvalue weighted by molar-refractivity contribution is 0.912. The monoisotopic (exact) mass is 280 g/mol. The second kappa shape index (κ2) is 5.95. The van der Waals surface area contributed by atoms with Gasteiger partial charge in [0.2, 0.25) is 0 Å². The zero-order chi connectivity index (χ0) is 14.7.